The molecule has 0 radical (unpaired) electrons. The topological polar surface area (TPSA) is 38.1 Å². The van der Waals surface area contributed by atoms with Gasteiger partial charge in [-0.15, -0.1) is 0 Å². The van der Waals surface area contributed by atoms with Crippen molar-refractivity contribution < 1.29 is 22.4 Å². The van der Waals surface area contributed by atoms with Crippen LogP contribution in [0.5, 0.6) is 0 Å². The van der Waals surface area contributed by atoms with E-state index in [9.17, 15) is 22.4 Å². The van der Waals surface area contributed by atoms with Gasteiger partial charge in [0.15, 0.2) is 0 Å². The van der Waals surface area contributed by atoms with Gasteiger partial charge in [-0.2, -0.15) is 18.3 Å². The van der Waals surface area contributed by atoms with Crippen molar-refractivity contribution in [2.45, 2.75) is 58.0 Å². The summed E-state index contributed by atoms with van der Waals surface area (Å²) in [5, 5.41) is 4.51. The smallest absolute Gasteiger partial charge is 0.342 e. The van der Waals surface area contributed by atoms with E-state index in [2.05, 4.69) is 5.10 Å². The highest BCUT2D eigenvalue weighted by molar-refractivity contribution is 5.83. The molecule has 8 heteroatoms. The number of fused-ring (bicyclic) bond motifs is 1. The summed E-state index contributed by atoms with van der Waals surface area (Å²) in [5.74, 6) is -0.914. The third kappa shape index (κ3) is 4.32. The summed E-state index contributed by atoms with van der Waals surface area (Å²) in [6.45, 7) is 3.94. The molecule has 1 amide bonds. The molecule has 0 unspecified atom stereocenters. The number of hydrogen-bond donors (Lipinski definition) is 0. The average molecular weight is 449 g/mol. The van der Waals surface area contributed by atoms with Crippen LogP contribution in [0.4, 0.5) is 17.6 Å². The number of allylic oxidation sites excluding steroid dienone is 1. The fourth-order valence-corrected chi connectivity index (χ4v) is 5.10. The van der Waals surface area contributed by atoms with Gasteiger partial charge in [-0.05, 0) is 43.5 Å². The van der Waals surface area contributed by atoms with Crippen LogP contribution in [-0.2, 0) is 11.2 Å². The van der Waals surface area contributed by atoms with E-state index in [1.807, 2.05) is 18.5 Å². The highest BCUT2D eigenvalue weighted by atomic mass is 19.4. The predicted octanol–water partition coefficient (Wildman–Crippen LogP) is 5.57. The van der Waals surface area contributed by atoms with Crippen LogP contribution in [0.2, 0.25) is 0 Å². The van der Waals surface area contributed by atoms with Gasteiger partial charge in [-0.1, -0.05) is 25.0 Å². The summed E-state index contributed by atoms with van der Waals surface area (Å²) >= 11 is 0. The van der Waals surface area contributed by atoms with Gasteiger partial charge in [-0.3, -0.25) is 4.79 Å². The van der Waals surface area contributed by atoms with E-state index in [-0.39, 0.29) is 30.1 Å². The Morgan fingerprint density at radius 2 is 1.94 bits per heavy atom. The molecule has 4 rings (SSSR count). The van der Waals surface area contributed by atoms with Crippen molar-refractivity contribution in [1.82, 2.24) is 14.7 Å². The number of hydrogen-bond acceptors (Lipinski definition) is 2. The number of halogens is 4. The second-order valence-electron chi connectivity index (χ2n) is 8.67. The molecule has 2 atom stereocenters. The summed E-state index contributed by atoms with van der Waals surface area (Å²) in [6.07, 6.45) is -0.827. The maximum absolute atomic E-state index is 13.3. The number of carbonyl (C=O) groups excluding carboxylic acids is 1. The largest absolute Gasteiger partial charge is 0.390 e. The van der Waals surface area contributed by atoms with Crippen molar-refractivity contribution in [3.8, 4) is 5.69 Å². The molecule has 32 heavy (non-hydrogen) atoms. The zero-order chi connectivity index (χ0) is 23.0. The van der Waals surface area contributed by atoms with E-state index in [0.717, 1.165) is 28.9 Å². The molecule has 0 aliphatic heterocycles. The van der Waals surface area contributed by atoms with Crippen molar-refractivity contribution in [1.29, 1.82) is 0 Å². The van der Waals surface area contributed by atoms with E-state index in [1.165, 1.54) is 22.6 Å². The second-order valence-corrected chi connectivity index (χ2v) is 8.67. The minimum absolute atomic E-state index is 0.0366. The lowest BCUT2D eigenvalue weighted by molar-refractivity contribution is -0.147. The van der Waals surface area contributed by atoms with Crippen LogP contribution in [0.25, 0.3) is 5.69 Å². The summed E-state index contributed by atoms with van der Waals surface area (Å²) in [5.41, 5.74) is 5.05. The first-order valence-corrected chi connectivity index (χ1v) is 11.1. The number of nitrogens with zero attached hydrogens (tertiary/aromatic N) is 3. The second kappa shape index (κ2) is 8.71. The Morgan fingerprint density at radius 1 is 1.22 bits per heavy atom. The van der Waals surface area contributed by atoms with Gasteiger partial charge in [0.25, 0.3) is 0 Å². The van der Waals surface area contributed by atoms with Crippen molar-refractivity contribution in [3.05, 3.63) is 58.7 Å². The highest BCUT2D eigenvalue weighted by Gasteiger charge is 2.41. The van der Waals surface area contributed by atoms with Crippen LogP contribution < -0.4 is 0 Å². The Balaban J connectivity index is 1.58. The molecule has 172 valence electrons. The van der Waals surface area contributed by atoms with Crippen LogP contribution in [0.3, 0.4) is 0 Å². The monoisotopic (exact) mass is 449 g/mol. The lowest BCUT2D eigenvalue weighted by atomic mass is 9.79. The van der Waals surface area contributed by atoms with Crippen molar-refractivity contribution in [3.63, 3.8) is 0 Å². The van der Waals surface area contributed by atoms with E-state index < -0.39 is 12.6 Å². The molecule has 1 aromatic heterocycles. The quantitative estimate of drug-likeness (QED) is 0.427. The molecule has 2 aromatic rings. The van der Waals surface area contributed by atoms with E-state index in [0.29, 0.717) is 25.8 Å². The van der Waals surface area contributed by atoms with Crippen LogP contribution in [0.1, 0.15) is 56.7 Å². The van der Waals surface area contributed by atoms with Crippen molar-refractivity contribution in [2.24, 2.45) is 5.92 Å². The molecule has 0 saturated carbocycles. The predicted molar refractivity (Wildman–Crippen MR) is 113 cm³/mol. The van der Waals surface area contributed by atoms with E-state index in [4.69, 9.17) is 0 Å². The van der Waals surface area contributed by atoms with Crippen LogP contribution >= 0.6 is 0 Å². The van der Waals surface area contributed by atoms with Gasteiger partial charge >= 0.3 is 6.18 Å². The molecule has 0 spiro atoms. The van der Waals surface area contributed by atoms with Crippen LogP contribution in [-0.4, -0.2) is 39.9 Å². The molecule has 1 heterocycles. The minimum Gasteiger partial charge on any atom is -0.342 e. The lowest BCUT2D eigenvalue weighted by Crippen LogP contribution is -2.39. The Kier molecular flexibility index (Phi) is 6.14. The Labute approximate surface area is 184 Å². The van der Waals surface area contributed by atoms with Gasteiger partial charge in [0.1, 0.15) is 5.82 Å². The molecule has 1 aromatic carbocycles. The fourth-order valence-electron chi connectivity index (χ4n) is 5.10. The maximum atomic E-state index is 13.3. The average Bonchev–Trinajstić information content (AvgIpc) is 3.36. The van der Waals surface area contributed by atoms with Crippen LogP contribution in [0, 0.1) is 11.7 Å². The van der Waals surface area contributed by atoms with Gasteiger partial charge in [-0.25, -0.2) is 9.07 Å². The third-order valence-electron chi connectivity index (χ3n) is 6.57. The molecule has 2 aliphatic rings. The SMILES string of the molecule is CCCN(CCC(F)(F)F)C(=O)[C@@H]1CCC2=C1[C@@H](C)c1cnn(-c3ccc(F)cc3)c1C2. The zero-order valence-electron chi connectivity index (χ0n) is 18.3. The van der Waals surface area contributed by atoms with E-state index >= 15 is 0 Å². The number of benzene rings is 1. The van der Waals surface area contributed by atoms with E-state index in [1.54, 1.807) is 18.3 Å². The molecule has 2 aliphatic carbocycles. The first-order valence-electron chi connectivity index (χ1n) is 11.1. The molecule has 0 saturated heterocycles. The number of aromatic nitrogens is 2. The Morgan fingerprint density at radius 3 is 2.59 bits per heavy atom. The van der Waals surface area contributed by atoms with Crippen LogP contribution in [0.15, 0.2) is 41.6 Å². The molecular formula is C24H27F4N3O. The Hall–Kier alpha value is -2.64. The minimum atomic E-state index is -4.28. The summed E-state index contributed by atoms with van der Waals surface area (Å²) in [7, 11) is 0. The molecular weight excluding hydrogens is 422 g/mol. The maximum Gasteiger partial charge on any atom is 0.390 e. The number of amides is 1. The molecule has 4 nitrogen and oxygen atoms in total. The summed E-state index contributed by atoms with van der Waals surface area (Å²) in [4.78, 5) is 14.7. The molecule has 0 bridgehead atoms. The fraction of sp³-hybridized carbons (Fsp3) is 0.500. The van der Waals surface area contributed by atoms with Gasteiger partial charge in [0.2, 0.25) is 5.91 Å². The van der Waals surface area contributed by atoms with Gasteiger partial charge < -0.3 is 4.90 Å². The summed E-state index contributed by atoms with van der Waals surface area (Å²) < 4.78 is 53.5. The normalized spacial score (nSPS) is 20.3. The first kappa shape index (κ1) is 22.6. The van der Waals surface area contributed by atoms with Gasteiger partial charge in [0, 0.05) is 31.0 Å². The van der Waals surface area contributed by atoms with Gasteiger partial charge in [0.05, 0.1) is 29.9 Å². The standard InChI is InChI=1S/C24H27F4N3O/c1-3-11-30(12-10-24(26,27)28)23(32)19-9-4-16-13-21-20(15(2)22(16)19)14-29-31(21)18-7-5-17(25)6-8-18/h5-8,14-15,19H,3-4,9-13H2,1-2H3/t15-,19+/m0/s1. The summed E-state index contributed by atoms with van der Waals surface area (Å²) in [6, 6.07) is 6.16. The lowest BCUT2D eigenvalue weighted by Gasteiger charge is -2.30. The number of alkyl halides is 3. The number of carbonyl (C=O) groups is 1. The van der Waals surface area contributed by atoms with Crippen molar-refractivity contribution >= 4 is 5.91 Å². The highest BCUT2D eigenvalue weighted by Crippen LogP contribution is 2.47. The van der Waals surface area contributed by atoms with Crippen molar-refractivity contribution in [2.75, 3.05) is 13.1 Å². The first-order chi connectivity index (χ1) is 15.2. The number of rotatable bonds is 6. The zero-order valence-corrected chi connectivity index (χ0v) is 18.3. The third-order valence-corrected chi connectivity index (χ3v) is 6.57. The molecule has 0 N–H and O–H groups in total. The molecule has 0 fully saturated rings. The Bertz CT molecular complexity index is 1020.